The van der Waals surface area contributed by atoms with E-state index in [0.717, 1.165) is 28.7 Å². The number of carbonyl (C=O) groups excluding carboxylic acids is 1. The topological polar surface area (TPSA) is 77.2 Å². The second-order valence-electron chi connectivity index (χ2n) is 5.84. The Morgan fingerprint density at radius 3 is 2.60 bits per heavy atom. The molecule has 0 aliphatic heterocycles. The van der Waals surface area contributed by atoms with E-state index in [0.29, 0.717) is 17.1 Å². The minimum absolute atomic E-state index is 0.357. The molecule has 25 heavy (non-hydrogen) atoms. The molecule has 3 N–H and O–H groups in total. The van der Waals surface area contributed by atoms with E-state index in [4.69, 9.17) is 22.7 Å². The molecule has 0 spiro atoms. The molecule has 2 rings (SSSR count). The van der Waals surface area contributed by atoms with Crippen molar-refractivity contribution < 1.29 is 9.53 Å². The van der Waals surface area contributed by atoms with Gasteiger partial charge in [-0.1, -0.05) is 31.3 Å². The van der Waals surface area contributed by atoms with Gasteiger partial charge < -0.3 is 15.8 Å². The number of aromatic nitrogens is 1. The largest absolute Gasteiger partial charge is 0.467 e. The molecule has 1 atom stereocenters. The fourth-order valence-corrected chi connectivity index (χ4v) is 3.10. The number of carbonyl (C=O) groups is 1. The fraction of sp³-hybridized carbons (Fsp3) is 0.316. The Hall–Kier alpha value is -2.47. The van der Waals surface area contributed by atoms with Crippen LogP contribution < -0.4 is 11.1 Å². The van der Waals surface area contributed by atoms with E-state index in [-0.39, 0.29) is 5.97 Å². The number of methoxy groups -OCH3 is 1. The Balaban J connectivity index is 2.24. The van der Waals surface area contributed by atoms with Crippen molar-refractivity contribution in [1.29, 1.82) is 0 Å². The highest BCUT2D eigenvalue weighted by Crippen LogP contribution is 2.15. The SMILES string of the molecule is CCc1cncc(C)c1C(=S)NC(Cc1ccc(N)cc1)C(=O)OC. The van der Waals surface area contributed by atoms with Crippen molar-refractivity contribution in [2.75, 3.05) is 12.8 Å². The van der Waals surface area contributed by atoms with Gasteiger partial charge in [0.25, 0.3) is 0 Å². The molecule has 0 aliphatic carbocycles. The summed E-state index contributed by atoms with van der Waals surface area (Å²) in [7, 11) is 1.37. The highest BCUT2D eigenvalue weighted by atomic mass is 32.1. The van der Waals surface area contributed by atoms with Crippen molar-refractivity contribution in [3.63, 3.8) is 0 Å². The smallest absolute Gasteiger partial charge is 0.328 e. The second-order valence-corrected chi connectivity index (χ2v) is 6.25. The van der Waals surface area contributed by atoms with Crippen LogP contribution in [0.15, 0.2) is 36.7 Å². The van der Waals surface area contributed by atoms with Crippen LogP contribution in [0, 0.1) is 6.92 Å². The zero-order valence-electron chi connectivity index (χ0n) is 14.7. The average Bonchev–Trinajstić information content (AvgIpc) is 2.61. The maximum Gasteiger partial charge on any atom is 0.328 e. The molecule has 0 radical (unpaired) electrons. The number of anilines is 1. The van der Waals surface area contributed by atoms with Gasteiger partial charge in [-0.25, -0.2) is 4.79 Å². The number of rotatable bonds is 6. The van der Waals surface area contributed by atoms with Crippen molar-refractivity contribution in [2.45, 2.75) is 32.7 Å². The first-order valence-corrected chi connectivity index (χ1v) is 8.53. The summed E-state index contributed by atoms with van der Waals surface area (Å²) < 4.78 is 4.93. The van der Waals surface area contributed by atoms with Crippen molar-refractivity contribution in [2.24, 2.45) is 0 Å². The number of benzene rings is 1. The van der Waals surface area contributed by atoms with Crippen LogP contribution in [0.3, 0.4) is 0 Å². The molecule has 0 amide bonds. The van der Waals surface area contributed by atoms with Crippen LogP contribution in [-0.4, -0.2) is 29.1 Å². The van der Waals surface area contributed by atoms with Gasteiger partial charge >= 0.3 is 5.97 Å². The summed E-state index contributed by atoms with van der Waals surface area (Å²) in [6, 6.07) is 6.84. The maximum atomic E-state index is 12.2. The molecule has 132 valence electrons. The van der Waals surface area contributed by atoms with E-state index < -0.39 is 6.04 Å². The van der Waals surface area contributed by atoms with Gasteiger partial charge in [0.05, 0.1) is 7.11 Å². The summed E-state index contributed by atoms with van der Waals surface area (Å²) in [5, 5.41) is 3.16. The highest BCUT2D eigenvalue weighted by molar-refractivity contribution is 7.80. The summed E-state index contributed by atoms with van der Waals surface area (Å²) in [5.41, 5.74) is 10.3. The molecule has 0 aliphatic rings. The Kier molecular flexibility index (Phi) is 6.47. The zero-order valence-corrected chi connectivity index (χ0v) is 15.5. The van der Waals surface area contributed by atoms with Crippen molar-refractivity contribution >= 4 is 28.9 Å². The minimum Gasteiger partial charge on any atom is -0.467 e. The molecule has 6 heteroatoms. The number of nitrogens with two attached hydrogens (primary N) is 1. The first kappa shape index (κ1) is 18.9. The average molecular weight is 357 g/mol. The summed E-state index contributed by atoms with van der Waals surface area (Å²) >= 11 is 5.58. The van der Waals surface area contributed by atoms with Gasteiger partial charge in [-0.3, -0.25) is 4.98 Å². The molecular weight excluding hydrogens is 334 g/mol. The van der Waals surface area contributed by atoms with Crippen molar-refractivity contribution in [3.05, 3.63) is 58.9 Å². The molecule has 5 nitrogen and oxygen atoms in total. The van der Waals surface area contributed by atoms with E-state index in [1.807, 2.05) is 37.4 Å². The van der Waals surface area contributed by atoms with Gasteiger partial charge in [0, 0.05) is 30.1 Å². The Labute approximate surface area is 153 Å². The molecule has 1 aromatic carbocycles. The lowest BCUT2D eigenvalue weighted by molar-refractivity contribution is -0.142. The number of thiocarbonyl (C=S) groups is 1. The van der Waals surface area contributed by atoms with Crippen LogP contribution in [0.5, 0.6) is 0 Å². The lowest BCUT2D eigenvalue weighted by Gasteiger charge is -2.20. The minimum atomic E-state index is -0.571. The van der Waals surface area contributed by atoms with Crippen LogP contribution in [0.25, 0.3) is 0 Å². The summed E-state index contributed by atoms with van der Waals surface area (Å²) in [4.78, 5) is 17.0. The van der Waals surface area contributed by atoms with Gasteiger partial charge in [-0.05, 0) is 42.2 Å². The van der Waals surface area contributed by atoms with Gasteiger partial charge in [0.2, 0.25) is 0 Å². The second kappa shape index (κ2) is 8.58. The van der Waals surface area contributed by atoms with Gasteiger partial charge in [-0.15, -0.1) is 0 Å². The third-order valence-electron chi connectivity index (χ3n) is 4.03. The molecule has 2 aromatic rings. The zero-order chi connectivity index (χ0) is 18.4. The standard InChI is InChI=1S/C19H23N3O2S/c1-4-14-11-21-10-12(2)17(14)18(25)22-16(19(23)24-3)9-13-5-7-15(20)8-6-13/h5-8,10-11,16H,4,9,20H2,1-3H3,(H,22,25). The van der Waals surface area contributed by atoms with E-state index in [9.17, 15) is 4.79 Å². The number of pyridine rings is 1. The maximum absolute atomic E-state index is 12.2. The molecule has 1 aromatic heterocycles. The number of ether oxygens (including phenoxy) is 1. The Morgan fingerprint density at radius 1 is 1.32 bits per heavy atom. The van der Waals surface area contributed by atoms with Crippen LogP contribution in [0.1, 0.15) is 29.2 Å². The lowest BCUT2D eigenvalue weighted by Crippen LogP contribution is -2.43. The number of nitrogens with one attached hydrogen (secondary N) is 1. The predicted molar refractivity (Wildman–Crippen MR) is 104 cm³/mol. The van der Waals surface area contributed by atoms with E-state index in [2.05, 4.69) is 17.2 Å². The molecular formula is C19H23N3O2S. The number of nitrogens with zero attached hydrogens (tertiary/aromatic N) is 1. The molecule has 1 unspecified atom stereocenters. The number of hydrogen-bond donors (Lipinski definition) is 2. The normalized spacial score (nSPS) is 11.6. The van der Waals surface area contributed by atoms with Crippen molar-refractivity contribution in [3.8, 4) is 0 Å². The van der Waals surface area contributed by atoms with Gasteiger partial charge in [0.15, 0.2) is 0 Å². The number of aryl methyl sites for hydroxylation is 2. The summed E-state index contributed by atoms with van der Waals surface area (Å²) in [5.74, 6) is -0.357. The summed E-state index contributed by atoms with van der Waals surface area (Å²) in [6.07, 6.45) is 4.85. The Bertz CT molecular complexity index is 760. The number of esters is 1. The molecule has 0 bridgehead atoms. The highest BCUT2D eigenvalue weighted by Gasteiger charge is 2.22. The van der Waals surface area contributed by atoms with Gasteiger partial charge in [0.1, 0.15) is 11.0 Å². The van der Waals surface area contributed by atoms with E-state index in [1.165, 1.54) is 7.11 Å². The molecule has 0 saturated heterocycles. The van der Waals surface area contributed by atoms with Gasteiger partial charge in [-0.2, -0.15) is 0 Å². The first-order valence-electron chi connectivity index (χ1n) is 8.12. The van der Waals surface area contributed by atoms with Crippen LogP contribution >= 0.6 is 12.2 Å². The monoisotopic (exact) mass is 357 g/mol. The third kappa shape index (κ3) is 4.76. The van der Waals surface area contributed by atoms with E-state index in [1.54, 1.807) is 6.20 Å². The third-order valence-corrected chi connectivity index (χ3v) is 4.35. The predicted octanol–water partition coefficient (Wildman–Crippen LogP) is 2.58. The molecule has 0 saturated carbocycles. The summed E-state index contributed by atoms with van der Waals surface area (Å²) in [6.45, 7) is 4.01. The van der Waals surface area contributed by atoms with Crippen molar-refractivity contribution in [1.82, 2.24) is 10.3 Å². The van der Waals surface area contributed by atoms with E-state index >= 15 is 0 Å². The molecule has 1 heterocycles. The number of nitrogen functional groups attached to an aromatic ring is 1. The van der Waals surface area contributed by atoms with Crippen LogP contribution in [0.2, 0.25) is 0 Å². The first-order chi connectivity index (χ1) is 12.0. The number of hydrogen-bond acceptors (Lipinski definition) is 5. The van der Waals surface area contributed by atoms with Crippen LogP contribution in [0.4, 0.5) is 5.69 Å². The lowest BCUT2D eigenvalue weighted by atomic mass is 10.0. The molecule has 0 fully saturated rings. The fourth-order valence-electron chi connectivity index (χ4n) is 2.67. The van der Waals surface area contributed by atoms with Crippen LogP contribution in [-0.2, 0) is 22.4 Å². The Morgan fingerprint density at radius 2 is 2.00 bits per heavy atom. The quantitative estimate of drug-likeness (QED) is 0.470.